The number of hydrogen-bond donors (Lipinski definition) is 0. The third-order valence-corrected chi connectivity index (χ3v) is 8.90. The van der Waals surface area contributed by atoms with Crippen molar-refractivity contribution in [2.75, 3.05) is 13.2 Å². The Morgan fingerprint density at radius 2 is 1.71 bits per heavy atom. The molecule has 0 aromatic carbocycles. The molecule has 0 aromatic rings. The molecular weight excluding hydrogens is 456 g/mol. The number of cyclic esters (lactones) is 1. The maximum Gasteiger partial charge on any atom is 0.320 e. The minimum atomic E-state index is -1.60. The van der Waals surface area contributed by atoms with Crippen molar-refractivity contribution in [2.24, 2.45) is 34.0 Å². The zero-order valence-corrected chi connectivity index (χ0v) is 21.0. The van der Waals surface area contributed by atoms with Crippen LogP contribution in [0.1, 0.15) is 60.3 Å². The van der Waals surface area contributed by atoms with E-state index >= 15 is 0 Å². The maximum atomic E-state index is 13.7. The molecule has 1 aliphatic heterocycles. The van der Waals surface area contributed by atoms with Crippen LogP contribution < -0.4 is 0 Å². The number of carbonyl (C=O) groups is 5. The van der Waals surface area contributed by atoms with Crippen LogP contribution >= 0.6 is 0 Å². The number of esters is 4. The topological polar surface area (TPSA) is 122 Å². The van der Waals surface area contributed by atoms with Crippen molar-refractivity contribution >= 4 is 29.7 Å². The molecule has 4 aliphatic rings. The third-order valence-electron chi connectivity index (χ3n) is 8.90. The van der Waals surface area contributed by atoms with Crippen LogP contribution in [0.5, 0.6) is 0 Å². The minimum absolute atomic E-state index is 0.0183. The largest absolute Gasteiger partial charge is 0.466 e. The number of fused-ring (bicyclic) bond motifs is 2. The maximum absolute atomic E-state index is 13.7. The van der Waals surface area contributed by atoms with Gasteiger partial charge in [-0.1, -0.05) is 20.4 Å². The van der Waals surface area contributed by atoms with Crippen LogP contribution in [0, 0.1) is 34.0 Å². The van der Waals surface area contributed by atoms with Gasteiger partial charge >= 0.3 is 23.9 Å². The normalized spacial score (nSPS) is 39.5. The molecule has 2 bridgehead atoms. The van der Waals surface area contributed by atoms with Gasteiger partial charge in [0.1, 0.15) is 24.2 Å². The van der Waals surface area contributed by atoms with Gasteiger partial charge in [0.15, 0.2) is 5.78 Å². The van der Waals surface area contributed by atoms with Gasteiger partial charge in [0, 0.05) is 32.6 Å². The Kier molecular flexibility index (Phi) is 6.13. The summed E-state index contributed by atoms with van der Waals surface area (Å²) in [5.74, 6) is -4.17. The van der Waals surface area contributed by atoms with Crippen molar-refractivity contribution in [1.82, 2.24) is 0 Å². The molecule has 1 unspecified atom stereocenters. The third kappa shape index (κ3) is 3.69. The summed E-state index contributed by atoms with van der Waals surface area (Å²) in [6.07, 6.45) is 0.112. The number of allylic oxidation sites excluding steroid dienone is 1. The van der Waals surface area contributed by atoms with Gasteiger partial charge < -0.3 is 18.9 Å². The van der Waals surface area contributed by atoms with E-state index in [1.165, 1.54) is 20.8 Å². The first kappa shape index (κ1) is 25.4. The summed E-state index contributed by atoms with van der Waals surface area (Å²) < 4.78 is 23.0. The molecule has 9 heteroatoms. The minimum Gasteiger partial charge on any atom is -0.466 e. The van der Waals surface area contributed by atoms with Gasteiger partial charge in [0.25, 0.3) is 0 Å². The van der Waals surface area contributed by atoms with E-state index in [2.05, 4.69) is 6.58 Å². The second-order valence-electron chi connectivity index (χ2n) is 11.3. The quantitative estimate of drug-likeness (QED) is 0.253. The molecule has 0 radical (unpaired) electrons. The van der Waals surface area contributed by atoms with E-state index in [4.69, 9.17) is 18.9 Å². The van der Waals surface area contributed by atoms with Crippen molar-refractivity contribution in [3.05, 3.63) is 12.2 Å². The number of ketones is 1. The molecule has 9 nitrogen and oxygen atoms in total. The van der Waals surface area contributed by atoms with E-state index in [-0.39, 0.29) is 25.6 Å². The molecular formula is C26H34O9. The van der Waals surface area contributed by atoms with E-state index < -0.39 is 69.9 Å². The predicted molar refractivity (Wildman–Crippen MR) is 120 cm³/mol. The summed E-state index contributed by atoms with van der Waals surface area (Å²) in [7, 11) is 0. The molecule has 4 rings (SSSR count). The fraction of sp³-hybridized carbons (Fsp3) is 0.731. The zero-order chi connectivity index (χ0) is 25.9. The van der Waals surface area contributed by atoms with Crippen LogP contribution in [0.3, 0.4) is 0 Å². The van der Waals surface area contributed by atoms with Crippen LogP contribution in [-0.2, 0) is 42.9 Å². The molecule has 4 fully saturated rings. The zero-order valence-electron chi connectivity index (χ0n) is 21.0. The summed E-state index contributed by atoms with van der Waals surface area (Å²) in [5, 5.41) is 0. The lowest BCUT2D eigenvalue weighted by Crippen LogP contribution is -2.71. The molecule has 0 aromatic heterocycles. The van der Waals surface area contributed by atoms with E-state index in [1.54, 1.807) is 0 Å². The van der Waals surface area contributed by atoms with Crippen molar-refractivity contribution in [1.29, 1.82) is 0 Å². The van der Waals surface area contributed by atoms with Crippen LogP contribution in [0.25, 0.3) is 0 Å². The highest BCUT2D eigenvalue weighted by Gasteiger charge is 2.77. The number of hydrogen-bond acceptors (Lipinski definition) is 9. The molecule has 0 amide bonds. The first-order chi connectivity index (χ1) is 16.3. The Morgan fingerprint density at radius 1 is 1.06 bits per heavy atom. The number of rotatable bonds is 4. The molecule has 192 valence electrons. The summed E-state index contributed by atoms with van der Waals surface area (Å²) >= 11 is 0. The number of carbonyl (C=O) groups excluding carboxylic acids is 5. The molecule has 1 heterocycles. The van der Waals surface area contributed by atoms with Gasteiger partial charge in [0.2, 0.25) is 0 Å². The lowest BCUT2D eigenvalue weighted by atomic mass is 9.43. The predicted octanol–water partition coefficient (Wildman–Crippen LogP) is 2.54. The molecule has 2 spiro atoms. The van der Waals surface area contributed by atoms with Crippen LogP contribution in [0.4, 0.5) is 0 Å². The van der Waals surface area contributed by atoms with Gasteiger partial charge in [-0.3, -0.25) is 24.0 Å². The Labute approximate surface area is 204 Å². The lowest BCUT2D eigenvalue weighted by Gasteiger charge is -2.63. The molecule has 7 atom stereocenters. The highest BCUT2D eigenvalue weighted by molar-refractivity contribution is 6.15. The van der Waals surface area contributed by atoms with E-state index in [0.29, 0.717) is 24.8 Å². The Morgan fingerprint density at radius 3 is 2.31 bits per heavy atom. The Hall–Kier alpha value is -2.71. The van der Waals surface area contributed by atoms with Gasteiger partial charge in [-0.05, 0) is 42.6 Å². The second-order valence-corrected chi connectivity index (χ2v) is 11.3. The highest BCUT2D eigenvalue weighted by atomic mass is 16.6. The van der Waals surface area contributed by atoms with Crippen molar-refractivity contribution < 1.29 is 42.9 Å². The number of ether oxygens (including phenoxy) is 4. The van der Waals surface area contributed by atoms with Crippen LogP contribution in [0.15, 0.2) is 12.2 Å². The fourth-order valence-corrected chi connectivity index (χ4v) is 7.61. The van der Waals surface area contributed by atoms with Crippen molar-refractivity contribution in [3.8, 4) is 0 Å². The average molecular weight is 491 g/mol. The van der Waals surface area contributed by atoms with E-state index in [9.17, 15) is 24.0 Å². The molecule has 1 saturated heterocycles. The summed E-state index contributed by atoms with van der Waals surface area (Å²) in [4.78, 5) is 63.5. The van der Waals surface area contributed by atoms with Crippen molar-refractivity contribution in [2.45, 2.75) is 72.5 Å². The summed E-state index contributed by atoms with van der Waals surface area (Å²) in [5.41, 5.74) is -2.83. The molecule has 3 aliphatic carbocycles. The highest BCUT2D eigenvalue weighted by Crippen LogP contribution is 2.68. The smallest absolute Gasteiger partial charge is 0.320 e. The Balaban J connectivity index is 1.98. The van der Waals surface area contributed by atoms with E-state index in [0.717, 1.165) is 0 Å². The van der Waals surface area contributed by atoms with Crippen molar-refractivity contribution in [3.63, 3.8) is 0 Å². The van der Waals surface area contributed by atoms with Crippen LogP contribution in [-0.4, -0.2) is 55.1 Å². The second kappa shape index (κ2) is 8.45. The summed E-state index contributed by atoms with van der Waals surface area (Å²) in [6, 6.07) is 0. The standard InChI is InChI=1S/C26H34O9/c1-13-17-9-18(34-15(3)28)21-25(10-17,22(13)30)23(31)33-12-26(21)19(11-32-14(2)27)24(5,6)8-7-20(26)35-16(4)29/h17-21H,1,7-12H2,2-6H3/t17?,18-,19+,20-,21+,25-,26-/m1/s1. The van der Waals surface area contributed by atoms with Gasteiger partial charge in [-0.15, -0.1) is 0 Å². The van der Waals surface area contributed by atoms with Crippen LogP contribution in [0.2, 0.25) is 0 Å². The fourth-order valence-electron chi connectivity index (χ4n) is 7.61. The van der Waals surface area contributed by atoms with Gasteiger partial charge in [-0.25, -0.2) is 0 Å². The summed E-state index contributed by atoms with van der Waals surface area (Å²) in [6.45, 7) is 11.8. The Bertz CT molecular complexity index is 997. The first-order valence-electron chi connectivity index (χ1n) is 12.2. The molecule has 3 saturated carbocycles. The van der Waals surface area contributed by atoms with Gasteiger partial charge in [0.05, 0.1) is 12.0 Å². The number of Topliss-reactive ketones (excluding diaryl/α,β-unsaturated/α-hetero) is 1. The van der Waals surface area contributed by atoms with E-state index in [1.807, 2.05) is 13.8 Å². The first-order valence-corrected chi connectivity index (χ1v) is 12.2. The molecule has 0 N–H and O–H groups in total. The monoisotopic (exact) mass is 490 g/mol. The average Bonchev–Trinajstić information content (AvgIpc) is 2.93. The lowest BCUT2D eigenvalue weighted by molar-refractivity contribution is -0.266. The SMILES string of the molecule is C=C1C(=O)[C@@]23CC1C[C@@H](OC(C)=O)[C@@H]2[C@@]1(COC3=O)[C@H](OC(C)=O)CCC(C)(C)[C@@H]1COC(C)=O. The van der Waals surface area contributed by atoms with Gasteiger partial charge in [-0.2, -0.15) is 0 Å². The molecule has 35 heavy (non-hydrogen) atoms.